The molecule has 8 heavy (non-hydrogen) atoms. The minimum Gasteiger partial charge on any atom is -0.330 e. The first-order chi connectivity index (χ1) is 3.81. The number of amides is 1. The Bertz CT molecular complexity index is 92.0. The minimum atomic E-state index is -0.615. The summed E-state index contributed by atoms with van der Waals surface area (Å²) in [5.74, 6) is -0.615. The molecule has 4 nitrogen and oxygen atoms in total. The Balaban J connectivity index is 3.11. The number of hydrogen-bond acceptors (Lipinski definition) is 3. The van der Waals surface area contributed by atoms with Crippen molar-refractivity contribution in [3.05, 3.63) is 4.91 Å². The molecule has 0 aliphatic carbocycles. The molecule has 0 aromatic carbocycles. The van der Waals surface area contributed by atoms with E-state index in [-0.39, 0.29) is 6.42 Å². The Morgan fingerprint density at radius 3 is 2.62 bits per heavy atom. The zero-order valence-electron chi connectivity index (χ0n) is 4.46. The van der Waals surface area contributed by atoms with Crippen LogP contribution in [0.15, 0.2) is 5.18 Å². The highest BCUT2D eigenvalue weighted by Gasteiger charge is 1.96. The zero-order valence-corrected chi connectivity index (χ0v) is 4.46. The van der Waals surface area contributed by atoms with E-state index in [4.69, 9.17) is 5.73 Å². The predicted octanol–water partition coefficient (Wildman–Crippen LogP) is 0.0183. The van der Waals surface area contributed by atoms with Crippen LogP contribution >= 0.6 is 0 Å². The maximum Gasteiger partial charge on any atom is 0.286 e. The summed E-state index contributed by atoms with van der Waals surface area (Å²) >= 11 is 0. The molecule has 1 amide bonds. The van der Waals surface area contributed by atoms with Crippen molar-refractivity contribution in [1.82, 2.24) is 0 Å². The van der Waals surface area contributed by atoms with Gasteiger partial charge in [0.15, 0.2) is 0 Å². The summed E-state index contributed by atoms with van der Waals surface area (Å²) in [6, 6.07) is 0. The van der Waals surface area contributed by atoms with Gasteiger partial charge in [-0.2, -0.15) is 0 Å². The Hall–Kier alpha value is -0.770. The lowest BCUT2D eigenvalue weighted by molar-refractivity contribution is -0.117. The number of hydrogen-bond donors (Lipinski definition) is 1. The van der Waals surface area contributed by atoms with Crippen LogP contribution in [0.1, 0.15) is 12.8 Å². The van der Waals surface area contributed by atoms with Crippen LogP contribution in [0.3, 0.4) is 0 Å². The highest BCUT2D eigenvalue weighted by Crippen LogP contribution is 1.87. The first-order valence-corrected chi connectivity index (χ1v) is 2.37. The lowest BCUT2D eigenvalue weighted by Gasteiger charge is -1.85. The van der Waals surface area contributed by atoms with E-state index in [0.29, 0.717) is 13.0 Å². The molecule has 0 saturated carbocycles. The van der Waals surface area contributed by atoms with Gasteiger partial charge in [-0.1, -0.05) is 0 Å². The second-order valence-electron chi connectivity index (χ2n) is 1.38. The molecule has 0 fully saturated rings. The third-order valence-electron chi connectivity index (χ3n) is 0.697. The molecule has 0 aliphatic heterocycles. The van der Waals surface area contributed by atoms with Crippen LogP contribution < -0.4 is 5.73 Å². The SMILES string of the molecule is NCCCC(=O)N=O. The van der Waals surface area contributed by atoms with E-state index < -0.39 is 5.91 Å². The molecule has 0 spiro atoms. The van der Waals surface area contributed by atoms with Crippen molar-refractivity contribution in [3.8, 4) is 0 Å². The molecule has 0 radical (unpaired) electrons. The van der Waals surface area contributed by atoms with E-state index in [2.05, 4.69) is 5.18 Å². The third kappa shape index (κ3) is 3.42. The topological polar surface area (TPSA) is 72.5 Å². The summed E-state index contributed by atoms with van der Waals surface area (Å²) in [5, 5.41) is 2.18. The van der Waals surface area contributed by atoms with E-state index in [9.17, 15) is 9.70 Å². The highest BCUT2D eigenvalue weighted by molar-refractivity contribution is 5.76. The zero-order chi connectivity index (χ0) is 6.41. The van der Waals surface area contributed by atoms with Crippen molar-refractivity contribution in [2.45, 2.75) is 12.8 Å². The smallest absolute Gasteiger partial charge is 0.286 e. The summed E-state index contributed by atoms with van der Waals surface area (Å²) in [4.78, 5) is 19.4. The van der Waals surface area contributed by atoms with Crippen molar-refractivity contribution in [2.24, 2.45) is 10.9 Å². The summed E-state index contributed by atoms with van der Waals surface area (Å²) in [7, 11) is 0. The summed E-state index contributed by atoms with van der Waals surface area (Å²) in [6.45, 7) is 0.432. The molecule has 0 aliphatic rings. The fourth-order valence-electron chi connectivity index (χ4n) is 0.299. The van der Waals surface area contributed by atoms with Gasteiger partial charge in [0, 0.05) is 11.6 Å². The van der Waals surface area contributed by atoms with Gasteiger partial charge < -0.3 is 5.73 Å². The van der Waals surface area contributed by atoms with E-state index in [1.54, 1.807) is 0 Å². The number of nitrogens with two attached hydrogens (primary N) is 1. The number of carbonyl (C=O) groups excluding carboxylic acids is 1. The Morgan fingerprint density at radius 1 is 1.62 bits per heavy atom. The Morgan fingerprint density at radius 2 is 2.25 bits per heavy atom. The van der Waals surface area contributed by atoms with Crippen LogP contribution in [0.25, 0.3) is 0 Å². The van der Waals surface area contributed by atoms with Gasteiger partial charge >= 0.3 is 0 Å². The van der Waals surface area contributed by atoms with Gasteiger partial charge in [-0.25, -0.2) is 0 Å². The maximum absolute atomic E-state index is 10.0. The van der Waals surface area contributed by atoms with Crippen LogP contribution in [-0.4, -0.2) is 12.5 Å². The van der Waals surface area contributed by atoms with Crippen LogP contribution in [0.4, 0.5) is 0 Å². The van der Waals surface area contributed by atoms with Crippen LogP contribution in [0.2, 0.25) is 0 Å². The van der Waals surface area contributed by atoms with E-state index in [1.165, 1.54) is 0 Å². The van der Waals surface area contributed by atoms with Gasteiger partial charge in [-0.3, -0.25) is 4.79 Å². The molecular weight excluding hydrogens is 108 g/mol. The Kier molecular flexibility index (Phi) is 3.97. The molecular formula is C4H8N2O2. The third-order valence-corrected chi connectivity index (χ3v) is 0.697. The average Bonchev–Trinajstić information content (AvgIpc) is 1.83. The molecule has 0 heterocycles. The normalized spacial score (nSPS) is 8.62. The molecule has 0 aromatic heterocycles. The summed E-state index contributed by atoms with van der Waals surface area (Å²) < 4.78 is 0. The second kappa shape index (κ2) is 4.39. The van der Waals surface area contributed by atoms with Crippen molar-refractivity contribution in [3.63, 3.8) is 0 Å². The highest BCUT2D eigenvalue weighted by atomic mass is 16.3. The molecule has 0 rings (SSSR count). The molecule has 0 unspecified atom stereocenters. The van der Waals surface area contributed by atoms with E-state index in [0.717, 1.165) is 0 Å². The van der Waals surface area contributed by atoms with Crippen molar-refractivity contribution < 1.29 is 4.79 Å². The largest absolute Gasteiger partial charge is 0.330 e. The molecule has 0 saturated heterocycles. The Labute approximate surface area is 47.0 Å². The summed E-state index contributed by atoms with van der Waals surface area (Å²) in [6.07, 6.45) is 0.727. The second-order valence-corrected chi connectivity index (χ2v) is 1.38. The number of nitrogens with zero attached hydrogens (tertiary/aromatic N) is 1. The first kappa shape index (κ1) is 7.23. The van der Waals surface area contributed by atoms with Gasteiger partial charge in [-0.15, -0.1) is 4.91 Å². The van der Waals surface area contributed by atoms with Crippen LogP contribution in [0, 0.1) is 4.91 Å². The molecule has 46 valence electrons. The fourth-order valence-corrected chi connectivity index (χ4v) is 0.299. The lowest BCUT2D eigenvalue weighted by Crippen LogP contribution is -2.01. The van der Waals surface area contributed by atoms with Gasteiger partial charge in [0.05, 0.1) is 0 Å². The van der Waals surface area contributed by atoms with Gasteiger partial charge in [0.25, 0.3) is 5.91 Å². The van der Waals surface area contributed by atoms with Gasteiger partial charge in [-0.05, 0) is 13.0 Å². The van der Waals surface area contributed by atoms with Crippen LogP contribution in [0.5, 0.6) is 0 Å². The van der Waals surface area contributed by atoms with Crippen molar-refractivity contribution in [2.75, 3.05) is 6.54 Å². The molecule has 0 bridgehead atoms. The molecule has 0 aromatic rings. The van der Waals surface area contributed by atoms with Gasteiger partial charge in [0.2, 0.25) is 0 Å². The number of nitroso groups, excluding NO2 is 1. The van der Waals surface area contributed by atoms with E-state index in [1.807, 2.05) is 0 Å². The average molecular weight is 116 g/mol. The summed E-state index contributed by atoms with van der Waals surface area (Å²) in [5.41, 5.74) is 5.04. The standard InChI is InChI=1S/C4H8N2O2/c5-3-1-2-4(7)6-8/h1-3,5H2. The molecule has 2 N–H and O–H groups in total. The fraction of sp³-hybridized carbons (Fsp3) is 0.750. The minimum absolute atomic E-state index is 0.181. The van der Waals surface area contributed by atoms with Gasteiger partial charge in [0.1, 0.15) is 0 Å². The monoisotopic (exact) mass is 116 g/mol. The number of carbonyl (C=O) groups is 1. The molecule has 0 atom stereocenters. The van der Waals surface area contributed by atoms with Crippen molar-refractivity contribution in [1.29, 1.82) is 0 Å². The predicted molar refractivity (Wildman–Crippen MR) is 29.1 cm³/mol. The number of rotatable bonds is 3. The maximum atomic E-state index is 10.0. The van der Waals surface area contributed by atoms with Crippen molar-refractivity contribution >= 4 is 5.91 Å². The lowest BCUT2D eigenvalue weighted by atomic mass is 10.3. The quantitative estimate of drug-likeness (QED) is 0.528. The van der Waals surface area contributed by atoms with E-state index >= 15 is 0 Å². The molecule has 4 heteroatoms. The van der Waals surface area contributed by atoms with Crippen LogP contribution in [-0.2, 0) is 4.79 Å². The first-order valence-electron chi connectivity index (χ1n) is 2.37.